The van der Waals surface area contributed by atoms with Crippen LogP contribution in [0.1, 0.15) is 41.0 Å². The summed E-state index contributed by atoms with van der Waals surface area (Å²) < 4.78 is 6.92. The van der Waals surface area contributed by atoms with Crippen molar-refractivity contribution in [1.29, 1.82) is 5.26 Å². The molecule has 0 aliphatic heterocycles. The molecule has 0 N–H and O–H groups in total. The van der Waals surface area contributed by atoms with Crippen molar-refractivity contribution in [3.05, 3.63) is 51.8 Å². The number of hydrogen-bond donors (Lipinski definition) is 0. The van der Waals surface area contributed by atoms with E-state index in [1.807, 2.05) is 13.8 Å². The van der Waals surface area contributed by atoms with Crippen LogP contribution in [0.5, 0.6) is 0 Å². The number of carbonyl (C=O) groups is 1. The fraction of sp³-hybridized carbons (Fsp3) is 0.353. The lowest BCUT2D eigenvalue weighted by atomic mass is 10.1. The standard InChI is InChI=1S/C17H18ClN3O2/c1-11(2)9-21-16(18)15(12(3)20-21)17(22)23-10-14-7-5-4-6-13(14)8-19/h4-7,11H,9-10H2,1-3H3. The second-order valence-electron chi connectivity index (χ2n) is 5.67. The summed E-state index contributed by atoms with van der Waals surface area (Å²) in [5.74, 6) is -0.173. The summed E-state index contributed by atoms with van der Waals surface area (Å²) in [5.41, 5.74) is 1.96. The van der Waals surface area contributed by atoms with Crippen molar-refractivity contribution in [3.8, 4) is 6.07 Å². The monoisotopic (exact) mass is 331 g/mol. The number of carbonyl (C=O) groups excluding carboxylic acids is 1. The van der Waals surface area contributed by atoms with Gasteiger partial charge >= 0.3 is 5.97 Å². The van der Waals surface area contributed by atoms with E-state index >= 15 is 0 Å². The van der Waals surface area contributed by atoms with E-state index in [0.717, 1.165) is 0 Å². The molecule has 0 saturated carbocycles. The maximum atomic E-state index is 12.3. The Hall–Kier alpha value is -2.32. The molecule has 120 valence electrons. The number of hydrogen-bond acceptors (Lipinski definition) is 4. The zero-order chi connectivity index (χ0) is 17.0. The highest BCUT2D eigenvalue weighted by atomic mass is 35.5. The molecule has 0 bridgehead atoms. The number of esters is 1. The van der Waals surface area contributed by atoms with Gasteiger partial charge in [0, 0.05) is 12.1 Å². The normalized spacial score (nSPS) is 10.6. The van der Waals surface area contributed by atoms with Crippen molar-refractivity contribution in [3.63, 3.8) is 0 Å². The van der Waals surface area contributed by atoms with Crippen molar-refractivity contribution in [2.24, 2.45) is 5.92 Å². The molecule has 1 aromatic carbocycles. The number of nitriles is 1. The first-order chi connectivity index (χ1) is 10.9. The molecule has 0 spiro atoms. The topological polar surface area (TPSA) is 67.9 Å². The molecule has 1 aromatic heterocycles. The fourth-order valence-corrected chi connectivity index (χ4v) is 2.54. The highest BCUT2D eigenvalue weighted by Gasteiger charge is 2.22. The Morgan fingerprint density at radius 3 is 2.78 bits per heavy atom. The van der Waals surface area contributed by atoms with Crippen LogP contribution in [0.3, 0.4) is 0 Å². The summed E-state index contributed by atoms with van der Waals surface area (Å²) in [6.45, 7) is 6.47. The average Bonchev–Trinajstić information content (AvgIpc) is 2.78. The number of nitrogens with zero attached hydrogens (tertiary/aromatic N) is 3. The van der Waals surface area contributed by atoms with E-state index in [0.29, 0.717) is 29.3 Å². The molecule has 5 nitrogen and oxygen atoms in total. The Balaban J connectivity index is 2.15. The Bertz CT molecular complexity index is 760. The number of ether oxygens (including phenoxy) is 1. The Morgan fingerprint density at radius 1 is 1.43 bits per heavy atom. The van der Waals surface area contributed by atoms with E-state index < -0.39 is 5.97 Å². The molecule has 0 fully saturated rings. The molecular weight excluding hydrogens is 314 g/mol. The quantitative estimate of drug-likeness (QED) is 0.783. The lowest BCUT2D eigenvalue weighted by molar-refractivity contribution is 0.0471. The SMILES string of the molecule is Cc1nn(CC(C)C)c(Cl)c1C(=O)OCc1ccccc1C#N. The maximum absolute atomic E-state index is 12.3. The average molecular weight is 332 g/mol. The third kappa shape index (κ3) is 3.91. The second-order valence-corrected chi connectivity index (χ2v) is 6.03. The summed E-state index contributed by atoms with van der Waals surface area (Å²) >= 11 is 6.26. The van der Waals surface area contributed by atoms with E-state index in [-0.39, 0.29) is 17.3 Å². The number of aryl methyl sites for hydroxylation is 1. The van der Waals surface area contributed by atoms with Gasteiger partial charge in [0.05, 0.1) is 17.3 Å². The van der Waals surface area contributed by atoms with Gasteiger partial charge in [-0.15, -0.1) is 0 Å². The van der Waals surface area contributed by atoms with Crippen LogP contribution in [0, 0.1) is 24.2 Å². The molecule has 0 unspecified atom stereocenters. The van der Waals surface area contributed by atoms with E-state index in [9.17, 15) is 4.79 Å². The van der Waals surface area contributed by atoms with E-state index in [1.165, 1.54) is 0 Å². The van der Waals surface area contributed by atoms with Gasteiger partial charge < -0.3 is 4.74 Å². The molecule has 2 rings (SSSR count). The van der Waals surface area contributed by atoms with Crippen LogP contribution in [0.2, 0.25) is 5.15 Å². The second kappa shape index (κ2) is 7.30. The van der Waals surface area contributed by atoms with Gasteiger partial charge in [-0.25, -0.2) is 4.79 Å². The van der Waals surface area contributed by atoms with Crippen LogP contribution in [0.15, 0.2) is 24.3 Å². The Morgan fingerprint density at radius 2 is 2.13 bits per heavy atom. The molecule has 6 heteroatoms. The van der Waals surface area contributed by atoms with Crippen molar-refractivity contribution >= 4 is 17.6 Å². The van der Waals surface area contributed by atoms with Gasteiger partial charge in [0.25, 0.3) is 0 Å². The van der Waals surface area contributed by atoms with Gasteiger partial charge in [-0.2, -0.15) is 10.4 Å². The predicted molar refractivity (Wildman–Crippen MR) is 87.1 cm³/mol. The van der Waals surface area contributed by atoms with Crippen LogP contribution in [-0.4, -0.2) is 15.7 Å². The Labute approximate surface area is 140 Å². The minimum absolute atomic E-state index is 0.0215. The molecule has 0 aliphatic rings. The molecule has 0 amide bonds. The number of aromatic nitrogens is 2. The van der Waals surface area contributed by atoms with Gasteiger partial charge in [-0.1, -0.05) is 43.6 Å². The summed E-state index contributed by atoms with van der Waals surface area (Å²) in [5, 5.41) is 13.6. The van der Waals surface area contributed by atoms with E-state index in [2.05, 4.69) is 11.2 Å². The minimum atomic E-state index is -0.532. The Kier molecular flexibility index (Phi) is 5.41. The third-order valence-electron chi connectivity index (χ3n) is 3.30. The third-order valence-corrected chi connectivity index (χ3v) is 3.69. The maximum Gasteiger partial charge on any atom is 0.343 e. The predicted octanol–water partition coefficient (Wildman–Crippen LogP) is 3.73. The molecule has 0 aliphatic carbocycles. The summed E-state index contributed by atoms with van der Waals surface area (Å²) in [4.78, 5) is 12.3. The lowest BCUT2D eigenvalue weighted by Gasteiger charge is -2.07. The first kappa shape index (κ1) is 17.0. The van der Waals surface area contributed by atoms with Crippen LogP contribution >= 0.6 is 11.6 Å². The molecule has 0 atom stereocenters. The van der Waals surface area contributed by atoms with Gasteiger partial charge in [0.15, 0.2) is 0 Å². The molecule has 2 aromatic rings. The van der Waals surface area contributed by atoms with Crippen LogP contribution in [0.4, 0.5) is 0 Å². The largest absolute Gasteiger partial charge is 0.457 e. The molecule has 23 heavy (non-hydrogen) atoms. The summed E-state index contributed by atoms with van der Waals surface area (Å²) in [6, 6.07) is 9.07. The summed E-state index contributed by atoms with van der Waals surface area (Å²) in [7, 11) is 0. The number of rotatable bonds is 5. The first-order valence-corrected chi connectivity index (χ1v) is 7.69. The first-order valence-electron chi connectivity index (χ1n) is 7.32. The number of halogens is 1. The fourth-order valence-electron chi connectivity index (χ4n) is 2.22. The molecule has 0 radical (unpaired) electrons. The highest BCUT2D eigenvalue weighted by molar-refractivity contribution is 6.32. The van der Waals surface area contributed by atoms with E-state index in [4.69, 9.17) is 21.6 Å². The highest BCUT2D eigenvalue weighted by Crippen LogP contribution is 2.22. The van der Waals surface area contributed by atoms with Crippen molar-refractivity contribution in [2.45, 2.75) is 33.9 Å². The molecular formula is C17H18ClN3O2. The van der Waals surface area contributed by atoms with Crippen LogP contribution in [0.25, 0.3) is 0 Å². The van der Waals surface area contributed by atoms with Crippen molar-refractivity contribution in [1.82, 2.24) is 9.78 Å². The molecule has 1 heterocycles. The van der Waals surface area contributed by atoms with Crippen LogP contribution in [-0.2, 0) is 17.9 Å². The van der Waals surface area contributed by atoms with Gasteiger partial charge in [0.2, 0.25) is 0 Å². The van der Waals surface area contributed by atoms with Crippen molar-refractivity contribution in [2.75, 3.05) is 0 Å². The summed E-state index contributed by atoms with van der Waals surface area (Å²) in [6.07, 6.45) is 0. The van der Waals surface area contributed by atoms with Gasteiger partial charge in [0.1, 0.15) is 17.3 Å². The number of benzene rings is 1. The van der Waals surface area contributed by atoms with Gasteiger partial charge in [-0.3, -0.25) is 4.68 Å². The zero-order valence-corrected chi connectivity index (χ0v) is 14.1. The van der Waals surface area contributed by atoms with Gasteiger partial charge in [-0.05, 0) is 18.9 Å². The zero-order valence-electron chi connectivity index (χ0n) is 13.3. The van der Waals surface area contributed by atoms with Crippen LogP contribution < -0.4 is 0 Å². The van der Waals surface area contributed by atoms with E-state index in [1.54, 1.807) is 35.9 Å². The minimum Gasteiger partial charge on any atom is -0.457 e. The lowest BCUT2D eigenvalue weighted by Crippen LogP contribution is -2.09. The van der Waals surface area contributed by atoms with Crippen molar-refractivity contribution < 1.29 is 9.53 Å². The smallest absolute Gasteiger partial charge is 0.343 e. The molecule has 0 saturated heterocycles.